The van der Waals surface area contributed by atoms with Gasteiger partial charge in [-0.25, -0.2) is 0 Å². The molecule has 2 fully saturated rings. The van der Waals surface area contributed by atoms with E-state index in [1.807, 2.05) is 11.9 Å². The van der Waals surface area contributed by atoms with Crippen LogP contribution in [0.3, 0.4) is 0 Å². The van der Waals surface area contributed by atoms with Crippen LogP contribution < -0.4 is 5.32 Å². The Balaban J connectivity index is 0.00000144. The third-order valence-electron chi connectivity index (χ3n) is 3.72. The Morgan fingerprint density at radius 3 is 2.53 bits per heavy atom. The smallest absolute Gasteiger partial charge is 0.228 e. The van der Waals surface area contributed by atoms with Crippen LogP contribution in [0.4, 0.5) is 0 Å². The Morgan fingerprint density at radius 2 is 2.00 bits per heavy atom. The normalized spacial score (nSPS) is 26.4. The second-order valence-corrected chi connectivity index (χ2v) is 4.80. The highest BCUT2D eigenvalue weighted by Crippen LogP contribution is 2.19. The first-order chi connectivity index (χ1) is 7.81. The number of nitrogens with one attached hydrogen (secondary N) is 1. The van der Waals surface area contributed by atoms with E-state index in [0.717, 1.165) is 45.4 Å². The van der Waals surface area contributed by atoms with Crippen molar-refractivity contribution in [1.29, 1.82) is 0 Å². The Kier molecular flexibility index (Phi) is 6.23. The SMILES string of the molecule is CNC1CCN(C(=O)C2CCCOC2)CC1.Cl. The summed E-state index contributed by atoms with van der Waals surface area (Å²) in [4.78, 5) is 14.2. The first kappa shape index (κ1) is 14.7. The predicted molar refractivity (Wildman–Crippen MR) is 69.5 cm³/mol. The summed E-state index contributed by atoms with van der Waals surface area (Å²) in [5.41, 5.74) is 0. The number of ether oxygens (including phenoxy) is 1. The van der Waals surface area contributed by atoms with Crippen LogP contribution >= 0.6 is 12.4 Å². The number of hydrogen-bond acceptors (Lipinski definition) is 3. The van der Waals surface area contributed by atoms with Gasteiger partial charge in [0.15, 0.2) is 0 Å². The molecule has 1 N–H and O–H groups in total. The lowest BCUT2D eigenvalue weighted by atomic mass is 9.98. The van der Waals surface area contributed by atoms with Gasteiger partial charge < -0.3 is 15.0 Å². The average Bonchev–Trinajstić information content (AvgIpc) is 2.39. The van der Waals surface area contributed by atoms with Crippen molar-refractivity contribution in [1.82, 2.24) is 10.2 Å². The fourth-order valence-corrected chi connectivity index (χ4v) is 2.58. The molecule has 0 saturated carbocycles. The molecule has 100 valence electrons. The predicted octanol–water partition coefficient (Wildman–Crippen LogP) is 1.05. The van der Waals surface area contributed by atoms with Gasteiger partial charge >= 0.3 is 0 Å². The molecule has 4 nitrogen and oxygen atoms in total. The van der Waals surface area contributed by atoms with Gasteiger partial charge in [0.25, 0.3) is 0 Å². The summed E-state index contributed by atoms with van der Waals surface area (Å²) in [7, 11) is 2.00. The van der Waals surface area contributed by atoms with Crippen LogP contribution in [-0.4, -0.2) is 50.2 Å². The summed E-state index contributed by atoms with van der Waals surface area (Å²) in [6.07, 6.45) is 4.19. The van der Waals surface area contributed by atoms with E-state index < -0.39 is 0 Å². The van der Waals surface area contributed by atoms with Crippen molar-refractivity contribution >= 4 is 18.3 Å². The Bertz CT molecular complexity index is 237. The topological polar surface area (TPSA) is 41.6 Å². The zero-order valence-corrected chi connectivity index (χ0v) is 11.3. The number of halogens is 1. The van der Waals surface area contributed by atoms with Gasteiger partial charge in [-0.15, -0.1) is 12.4 Å². The van der Waals surface area contributed by atoms with Crippen molar-refractivity contribution < 1.29 is 9.53 Å². The van der Waals surface area contributed by atoms with E-state index in [2.05, 4.69) is 5.32 Å². The first-order valence-corrected chi connectivity index (χ1v) is 6.35. The zero-order chi connectivity index (χ0) is 11.4. The molecule has 0 spiro atoms. The maximum atomic E-state index is 12.2. The lowest BCUT2D eigenvalue weighted by Crippen LogP contribution is -2.47. The molecule has 2 aliphatic heterocycles. The molecule has 0 aromatic heterocycles. The minimum absolute atomic E-state index is 0. The molecule has 1 atom stereocenters. The van der Waals surface area contributed by atoms with Crippen LogP contribution in [0.2, 0.25) is 0 Å². The average molecular weight is 263 g/mol. The lowest BCUT2D eigenvalue weighted by molar-refractivity contribution is -0.140. The van der Waals surface area contributed by atoms with Gasteiger partial charge in [0.05, 0.1) is 12.5 Å². The molecule has 1 unspecified atom stereocenters. The van der Waals surface area contributed by atoms with E-state index in [4.69, 9.17) is 4.74 Å². The number of carbonyl (C=O) groups excluding carboxylic acids is 1. The molecule has 0 radical (unpaired) electrons. The van der Waals surface area contributed by atoms with Gasteiger partial charge in [-0.1, -0.05) is 0 Å². The van der Waals surface area contributed by atoms with Gasteiger partial charge in [-0.3, -0.25) is 4.79 Å². The number of carbonyl (C=O) groups is 1. The highest BCUT2D eigenvalue weighted by molar-refractivity contribution is 5.85. The molecule has 2 heterocycles. The second-order valence-electron chi connectivity index (χ2n) is 4.80. The molecular formula is C12H23ClN2O2. The van der Waals surface area contributed by atoms with Crippen molar-refractivity contribution in [3.63, 3.8) is 0 Å². The van der Waals surface area contributed by atoms with Gasteiger partial charge in [0.2, 0.25) is 5.91 Å². The quantitative estimate of drug-likeness (QED) is 0.809. The summed E-state index contributed by atoms with van der Waals surface area (Å²) in [5.74, 6) is 0.439. The maximum absolute atomic E-state index is 12.2. The molecule has 2 aliphatic rings. The van der Waals surface area contributed by atoms with Crippen LogP contribution in [-0.2, 0) is 9.53 Å². The van der Waals surface area contributed by atoms with Crippen molar-refractivity contribution in [2.45, 2.75) is 31.7 Å². The number of nitrogens with zero attached hydrogens (tertiary/aromatic N) is 1. The summed E-state index contributed by atoms with van der Waals surface area (Å²) in [6.45, 7) is 3.26. The van der Waals surface area contributed by atoms with E-state index in [-0.39, 0.29) is 18.3 Å². The maximum Gasteiger partial charge on any atom is 0.228 e. The Hall–Kier alpha value is -0.320. The highest BCUT2D eigenvalue weighted by atomic mass is 35.5. The van der Waals surface area contributed by atoms with E-state index in [0.29, 0.717) is 18.6 Å². The number of amides is 1. The van der Waals surface area contributed by atoms with Gasteiger partial charge in [-0.2, -0.15) is 0 Å². The van der Waals surface area contributed by atoms with Crippen LogP contribution in [0.1, 0.15) is 25.7 Å². The Morgan fingerprint density at radius 1 is 1.29 bits per heavy atom. The van der Waals surface area contributed by atoms with Crippen LogP contribution in [0, 0.1) is 5.92 Å². The van der Waals surface area contributed by atoms with Gasteiger partial charge in [0.1, 0.15) is 0 Å². The number of rotatable bonds is 2. The van der Waals surface area contributed by atoms with Crippen LogP contribution in [0.25, 0.3) is 0 Å². The van der Waals surface area contributed by atoms with Gasteiger partial charge in [-0.05, 0) is 32.7 Å². The van der Waals surface area contributed by atoms with E-state index in [9.17, 15) is 4.79 Å². The first-order valence-electron chi connectivity index (χ1n) is 6.35. The summed E-state index contributed by atoms with van der Waals surface area (Å²) >= 11 is 0. The number of piperidine rings is 1. The number of likely N-dealkylation sites (tertiary alicyclic amines) is 1. The third-order valence-corrected chi connectivity index (χ3v) is 3.72. The lowest BCUT2D eigenvalue weighted by Gasteiger charge is -2.35. The summed E-state index contributed by atoms with van der Waals surface area (Å²) in [6, 6.07) is 0.589. The van der Waals surface area contributed by atoms with Gasteiger partial charge in [0, 0.05) is 25.7 Å². The molecular weight excluding hydrogens is 240 g/mol. The van der Waals surface area contributed by atoms with Crippen LogP contribution in [0.15, 0.2) is 0 Å². The molecule has 0 bridgehead atoms. The molecule has 0 aromatic carbocycles. The highest BCUT2D eigenvalue weighted by Gasteiger charge is 2.28. The molecule has 1 amide bonds. The van der Waals surface area contributed by atoms with Crippen molar-refractivity contribution in [3.8, 4) is 0 Å². The number of hydrogen-bond donors (Lipinski definition) is 1. The molecule has 0 aromatic rings. The second kappa shape index (κ2) is 7.19. The minimum atomic E-state index is 0. The van der Waals surface area contributed by atoms with E-state index in [1.165, 1.54) is 0 Å². The molecule has 0 aliphatic carbocycles. The largest absolute Gasteiger partial charge is 0.381 e. The fraction of sp³-hybridized carbons (Fsp3) is 0.917. The summed E-state index contributed by atoms with van der Waals surface area (Å²) in [5, 5.41) is 3.28. The monoisotopic (exact) mass is 262 g/mol. The minimum Gasteiger partial charge on any atom is -0.381 e. The van der Waals surface area contributed by atoms with Crippen molar-refractivity contribution in [3.05, 3.63) is 0 Å². The Labute approximate surface area is 109 Å². The summed E-state index contributed by atoms with van der Waals surface area (Å²) < 4.78 is 5.38. The molecule has 2 saturated heterocycles. The van der Waals surface area contributed by atoms with Crippen molar-refractivity contribution in [2.75, 3.05) is 33.4 Å². The molecule has 5 heteroatoms. The fourth-order valence-electron chi connectivity index (χ4n) is 2.58. The van der Waals surface area contributed by atoms with E-state index in [1.54, 1.807) is 0 Å². The molecule has 17 heavy (non-hydrogen) atoms. The van der Waals surface area contributed by atoms with Crippen molar-refractivity contribution in [2.24, 2.45) is 5.92 Å². The standard InChI is InChI=1S/C12H22N2O2.ClH/c1-13-11-4-6-14(7-5-11)12(15)10-3-2-8-16-9-10;/h10-11,13H,2-9H2,1H3;1H. The molecule has 2 rings (SSSR count). The van der Waals surface area contributed by atoms with Crippen LogP contribution in [0.5, 0.6) is 0 Å². The van der Waals surface area contributed by atoms with E-state index >= 15 is 0 Å². The zero-order valence-electron chi connectivity index (χ0n) is 10.5. The third kappa shape index (κ3) is 3.83.